The number of aldehydes is 1. The largest absolute Gasteiger partial charge is 0.478 e. The first-order chi connectivity index (χ1) is 11.1. The van der Waals surface area contributed by atoms with E-state index in [1.165, 1.54) is 47.3 Å². The van der Waals surface area contributed by atoms with Gasteiger partial charge in [-0.3, -0.25) is 4.79 Å². The summed E-state index contributed by atoms with van der Waals surface area (Å²) in [4.78, 5) is 22.4. The highest BCUT2D eigenvalue weighted by Gasteiger charge is 2.14. The van der Waals surface area contributed by atoms with Gasteiger partial charge in [0.15, 0.2) is 6.29 Å². The standard InChI is InChI=1S/C17H11FN2O3/c18-13-5-7-14(8-6-13)20-16(10-21)15(9-19-20)11-1-3-12(4-2-11)17(22)23/h1-10H,(H,22,23). The number of aromatic nitrogens is 2. The van der Waals surface area contributed by atoms with Crippen LogP contribution < -0.4 is 0 Å². The second-order valence-electron chi connectivity index (χ2n) is 4.83. The lowest BCUT2D eigenvalue weighted by Crippen LogP contribution is -2.02. The van der Waals surface area contributed by atoms with Crippen LogP contribution in [0.2, 0.25) is 0 Å². The predicted molar refractivity (Wildman–Crippen MR) is 81.3 cm³/mol. The number of aromatic carboxylic acids is 1. The highest BCUT2D eigenvalue weighted by molar-refractivity contribution is 5.90. The smallest absolute Gasteiger partial charge is 0.335 e. The lowest BCUT2D eigenvalue weighted by Gasteiger charge is -2.05. The molecular formula is C17H11FN2O3. The highest BCUT2D eigenvalue weighted by Crippen LogP contribution is 2.25. The van der Waals surface area contributed by atoms with Crippen molar-refractivity contribution in [3.8, 4) is 16.8 Å². The maximum absolute atomic E-state index is 13.0. The summed E-state index contributed by atoms with van der Waals surface area (Å²) in [5, 5.41) is 13.1. The SMILES string of the molecule is O=Cc1c(-c2ccc(C(=O)O)cc2)cnn1-c1ccc(F)cc1. The van der Waals surface area contributed by atoms with Crippen molar-refractivity contribution in [2.75, 3.05) is 0 Å². The summed E-state index contributed by atoms with van der Waals surface area (Å²) < 4.78 is 14.4. The molecule has 23 heavy (non-hydrogen) atoms. The molecule has 6 heteroatoms. The van der Waals surface area contributed by atoms with Crippen LogP contribution in [0, 0.1) is 5.82 Å². The minimum absolute atomic E-state index is 0.160. The van der Waals surface area contributed by atoms with E-state index in [-0.39, 0.29) is 11.4 Å². The third kappa shape index (κ3) is 2.74. The van der Waals surface area contributed by atoms with Gasteiger partial charge in [-0.15, -0.1) is 0 Å². The molecule has 114 valence electrons. The van der Waals surface area contributed by atoms with Crippen molar-refractivity contribution >= 4 is 12.3 Å². The molecule has 3 aromatic rings. The monoisotopic (exact) mass is 310 g/mol. The number of benzene rings is 2. The maximum atomic E-state index is 13.0. The van der Waals surface area contributed by atoms with Gasteiger partial charge < -0.3 is 5.11 Å². The van der Waals surface area contributed by atoms with E-state index in [1.807, 2.05) is 0 Å². The van der Waals surface area contributed by atoms with E-state index < -0.39 is 5.97 Å². The number of rotatable bonds is 4. The summed E-state index contributed by atoms with van der Waals surface area (Å²) in [5.74, 6) is -1.40. The average molecular weight is 310 g/mol. The number of halogens is 1. The molecular weight excluding hydrogens is 299 g/mol. The zero-order valence-electron chi connectivity index (χ0n) is 11.8. The molecule has 1 heterocycles. The van der Waals surface area contributed by atoms with Crippen LogP contribution in [0.1, 0.15) is 20.8 Å². The van der Waals surface area contributed by atoms with Gasteiger partial charge in [-0.2, -0.15) is 5.10 Å². The Balaban J connectivity index is 2.05. The van der Waals surface area contributed by atoms with E-state index in [2.05, 4.69) is 5.10 Å². The molecule has 0 amide bonds. The molecule has 1 aromatic heterocycles. The van der Waals surface area contributed by atoms with Gasteiger partial charge in [0.05, 0.1) is 17.4 Å². The van der Waals surface area contributed by atoms with Crippen molar-refractivity contribution in [1.29, 1.82) is 0 Å². The van der Waals surface area contributed by atoms with Gasteiger partial charge in [-0.05, 0) is 42.0 Å². The highest BCUT2D eigenvalue weighted by atomic mass is 19.1. The Kier molecular flexibility index (Phi) is 3.72. The van der Waals surface area contributed by atoms with Crippen molar-refractivity contribution < 1.29 is 19.1 Å². The number of carbonyl (C=O) groups excluding carboxylic acids is 1. The minimum Gasteiger partial charge on any atom is -0.478 e. The van der Waals surface area contributed by atoms with Crippen LogP contribution in [0.5, 0.6) is 0 Å². The van der Waals surface area contributed by atoms with Crippen LogP contribution in [-0.2, 0) is 0 Å². The number of hydrogen-bond acceptors (Lipinski definition) is 3. The van der Waals surface area contributed by atoms with E-state index in [4.69, 9.17) is 5.11 Å². The Morgan fingerprint density at radius 3 is 2.30 bits per heavy atom. The molecule has 0 radical (unpaired) electrons. The summed E-state index contributed by atoms with van der Waals surface area (Å²) in [6, 6.07) is 11.8. The van der Waals surface area contributed by atoms with Crippen LogP contribution in [0.4, 0.5) is 4.39 Å². The van der Waals surface area contributed by atoms with Crippen LogP contribution in [0.15, 0.2) is 54.7 Å². The molecule has 0 spiro atoms. The topological polar surface area (TPSA) is 72.2 Å². The Bertz CT molecular complexity index is 868. The summed E-state index contributed by atoms with van der Waals surface area (Å²) >= 11 is 0. The van der Waals surface area contributed by atoms with Gasteiger partial charge in [-0.25, -0.2) is 13.9 Å². The van der Waals surface area contributed by atoms with Crippen molar-refractivity contribution in [3.63, 3.8) is 0 Å². The molecule has 5 nitrogen and oxygen atoms in total. The quantitative estimate of drug-likeness (QED) is 0.751. The van der Waals surface area contributed by atoms with Gasteiger partial charge in [0.2, 0.25) is 0 Å². The van der Waals surface area contributed by atoms with Gasteiger partial charge in [0.25, 0.3) is 0 Å². The Hall–Kier alpha value is -3.28. The number of nitrogens with zero attached hydrogens (tertiary/aromatic N) is 2. The van der Waals surface area contributed by atoms with Crippen molar-refractivity contribution in [2.24, 2.45) is 0 Å². The number of carboxylic acids is 1. The molecule has 0 atom stereocenters. The average Bonchev–Trinajstić information content (AvgIpc) is 2.99. The van der Waals surface area contributed by atoms with Gasteiger partial charge >= 0.3 is 5.97 Å². The third-order valence-corrected chi connectivity index (χ3v) is 3.43. The molecule has 0 unspecified atom stereocenters. The summed E-state index contributed by atoms with van der Waals surface area (Å²) in [6.07, 6.45) is 2.18. The minimum atomic E-state index is -1.02. The van der Waals surface area contributed by atoms with E-state index in [0.717, 1.165) is 0 Å². The number of carboxylic acid groups (broad SMARTS) is 1. The Labute approximate surface area is 130 Å². The van der Waals surface area contributed by atoms with Crippen molar-refractivity contribution in [3.05, 3.63) is 71.8 Å². The van der Waals surface area contributed by atoms with Crippen LogP contribution in [0.25, 0.3) is 16.8 Å². The fourth-order valence-corrected chi connectivity index (χ4v) is 2.27. The van der Waals surface area contributed by atoms with Crippen LogP contribution in [0.3, 0.4) is 0 Å². The fourth-order valence-electron chi connectivity index (χ4n) is 2.27. The maximum Gasteiger partial charge on any atom is 0.335 e. The normalized spacial score (nSPS) is 10.5. The molecule has 1 N–H and O–H groups in total. The van der Waals surface area contributed by atoms with E-state index in [9.17, 15) is 14.0 Å². The molecule has 2 aromatic carbocycles. The second kappa shape index (κ2) is 5.84. The second-order valence-corrected chi connectivity index (χ2v) is 4.83. The molecule has 0 aliphatic carbocycles. The lowest BCUT2D eigenvalue weighted by molar-refractivity contribution is 0.0696. The molecule has 3 rings (SSSR count). The first kappa shape index (κ1) is 14.6. The third-order valence-electron chi connectivity index (χ3n) is 3.43. The molecule has 0 saturated carbocycles. The first-order valence-corrected chi connectivity index (χ1v) is 6.73. The van der Waals surface area contributed by atoms with Crippen molar-refractivity contribution in [2.45, 2.75) is 0 Å². The molecule has 0 fully saturated rings. The summed E-state index contributed by atoms with van der Waals surface area (Å²) in [5.41, 5.74) is 2.26. The Morgan fingerprint density at radius 2 is 1.74 bits per heavy atom. The van der Waals surface area contributed by atoms with E-state index in [1.54, 1.807) is 12.1 Å². The van der Waals surface area contributed by atoms with Crippen molar-refractivity contribution in [1.82, 2.24) is 9.78 Å². The number of carbonyl (C=O) groups is 2. The lowest BCUT2D eigenvalue weighted by atomic mass is 10.0. The Morgan fingerprint density at radius 1 is 1.09 bits per heavy atom. The zero-order chi connectivity index (χ0) is 16.4. The molecule has 0 aliphatic heterocycles. The first-order valence-electron chi connectivity index (χ1n) is 6.73. The molecule has 0 aliphatic rings. The van der Waals surface area contributed by atoms with E-state index in [0.29, 0.717) is 28.8 Å². The zero-order valence-corrected chi connectivity index (χ0v) is 11.8. The predicted octanol–water partition coefficient (Wildman–Crippen LogP) is 3.19. The fraction of sp³-hybridized carbons (Fsp3) is 0. The van der Waals surface area contributed by atoms with Gasteiger partial charge in [-0.1, -0.05) is 12.1 Å². The summed E-state index contributed by atoms with van der Waals surface area (Å²) in [7, 11) is 0. The molecule has 0 bridgehead atoms. The van der Waals surface area contributed by atoms with Crippen LogP contribution in [-0.4, -0.2) is 27.1 Å². The van der Waals surface area contributed by atoms with Gasteiger partial charge in [0.1, 0.15) is 11.5 Å². The van der Waals surface area contributed by atoms with Gasteiger partial charge in [0, 0.05) is 5.56 Å². The van der Waals surface area contributed by atoms with E-state index >= 15 is 0 Å². The summed E-state index contributed by atoms with van der Waals surface area (Å²) in [6.45, 7) is 0. The number of hydrogen-bond donors (Lipinski definition) is 1. The van der Waals surface area contributed by atoms with Crippen LogP contribution >= 0.6 is 0 Å². The molecule has 0 saturated heterocycles.